The summed E-state index contributed by atoms with van der Waals surface area (Å²) in [6.07, 6.45) is 2.45. The summed E-state index contributed by atoms with van der Waals surface area (Å²) in [6.45, 7) is 0.975. The van der Waals surface area contributed by atoms with E-state index in [1.807, 2.05) is 6.07 Å². The topological polar surface area (TPSA) is 41.6 Å². The molecule has 1 rings (SSSR count). The van der Waals surface area contributed by atoms with E-state index in [0.29, 0.717) is 5.69 Å². The van der Waals surface area contributed by atoms with Gasteiger partial charge >= 0.3 is 0 Å². The van der Waals surface area contributed by atoms with Crippen LogP contribution in [0.3, 0.4) is 0 Å². The molecule has 0 bridgehead atoms. The normalized spacial score (nSPS) is 11.2. The fraction of sp³-hybridized carbons (Fsp3) is 0.500. The van der Waals surface area contributed by atoms with E-state index in [2.05, 4.69) is 4.98 Å². The van der Waals surface area contributed by atoms with Crippen LogP contribution in [0, 0.1) is 11.3 Å². The van der Waals surface area contributed by atoms with Crippen LogP contribution in [0.4, 0.5) is 8.78 Å². The van der Waals surface area contributed by atoms with Crippen molar-refractivity contribution in [3.05, 3.63) is 18.2 Å². The van der Waals surface area contributed by atoms with E-state index < -0.39 is 5.92 Å². The number of aromatic nitrogens is 2. The van der Waals surface area contributed by atoms with E-state index in [-0.39, 0.29) is 13.0 Å². The van der Waals surface area contributed by atoms with Crippen molar-refractivity contribution in [2.24, 2.45) is 0 Å². The number of nitrogens with zero attached hydrogens (tertiary/aromatic N) is 3. The van der Waals surface area contributed by atoms with Gasteiger partial charge < -0.3 is 4.57 Å². The Morgan fingerprint density at radius 2 is 2.38 bits per heavy atom. The number of hydrogen-bond acceptors (Lipinski definition) is 2. The Labute approximate surface area is 74.6 Å². The van der Waals surface area contributed by atoms with Crippen molar-refractivity contribution in [2.45, 2.75) is 25.8 Å². The summed E-state index contributed by atoms with van der Waals surface area (Å²) in [7, 11) is 0. The van der Waals surface area contributed by atoms with E-state index >= 15 is 0 Å². The molecule has 1 heterocycles. The predicted molar refractivity (Wildman–Crippen MR) is 42.2 cm³/mol. The molecule has 0 aliphatic carbocycles. The zero-order valence-corrected chi connectivity index (χ0v) is 7.17. The zero-order valence-electron chi connectivity index (χ0n) is 7.17. The number of halogens is 2. The SMILES string of the molecule is CC(F)(F)CCn1cncc1C#N. The van der Waals surface area contributed by atoms with E-state index in [4.69, 9.17) is 5.26 Å². The van der Waals surface area contributed by atoms with Crippen LogP contribution in [0.25, 0.3) is 0 Å². The van der Waals surface area contributed by atoms with Crippen molar-refractivity contribution in [2.75, 3.05) is 0 Å². The van der Waals surface area contributed by atoms with Gasteiger partial charge in [0.2, 0.25) is 5.92 Å². The second kappa shape index (κ2) is 3.52. The van der Waals surface area contributed by atoms with Crippen molar-refractivity contribution in [3.8, 4) is 6.07 Å². The van der Waals surface area contributed by atoms with Gasteiger partial charge in [-0.05, 0) is 6.92 Å². The van der Waals surface area contributed by atoms with E-state index in [0.717, 1.165) is 6.92 Å². The Hall–Kier alpha value is -1.44. The maximum atomic E-state index is 12.4. The van der Waals surface area contributed by atoms with Crippen molar-refractivity contribution >= 4 is 0 Å². The summed E-state index contributed by atoms with van der Waals surface area (Å²) in [5, 5.41) is 8.54. The quantitative estimate of drug-likeness (QED) is 0.720. The van der Waals surface area contributed by atoms with Crippen molar-refractivity contribution < 1.29 is 8.78 Å². The molecule has 1 aromatic heterocycles. The van der Waals surface area contributed by atoms with Crippen molar-refractivity contribution in [1.82, 2.24) is 9.55 Å². The highest BCUT2D eigenvalue weighted by Gasteiger charge is 2.20. The summed E-state index contributed by atoms with van der Waals surface area (Å²) in [5.41, 5.74) is 0.309. The lowest BCUT2D eigenvalue weighted by Gasteiger charge is -2.10. The maximum Gasteiger partial charge on any atom is 0.247 e. The average molecular weight is 185 g/mol. The Bertz CT molecular complexity index is 319. The fourth-order valence-electron chi connectivity index (χ4n) is 0.909. The monoisotopic (exact) mass is 185 g/mol. The molecular formula is C8H9F2N3. The van der Waals surface area contributed by atoms with Crippen LogP contribution in [0.2, 0.25) is 0 Å². The van der Waals surface area contributed by atoms with Gasteiger partial charge in [0.05, 0.1) is 12.5 Å². The summed E-state index contributed by atoms with van der Waals surface area (Å²) in [6, 6.07) is 1.87. The Morgan fingerprint density at radius 3 is 2.92 bits per heavy atom. The number of nitriles is 1. The molecule has 0 unspecified atom stereocenters. The van der Waals surface area contributed by atoms with Gasteiger partial charge in [-0.25, -0.2) is 13.8 Å². The summed E-state index contributed by atoms with van der Waals surface area (Å²) < 4.78 is 26.3. The van der Waals surface area contributed by atoms with Crippen LogP contribution in [0.1, 0.15) is 19.0 Å². The molecule has 5 heteroatoms. The zero-order chi connectivity index (χ0) is 9.90. The number of rotatable bonds is 3. The number of aryl methyl sites for hydroxylation is 1. The third kappa shape index (κ3) is 2.82. The van der Waals surface area contributed by atoms with Gasteiger partial charge in [-0.2, -0.15) is 5.26 Å². The Morgan fingerprint density at radius 1 is 1.69 bits per heavy atom. The van der Waals surface area contributed by atoms with E-state index in [1.54, 1.807) is 0 Å². The first-order valence-electron chi connectivity index (χ1n) is 3.81. The minimum Gasteiger partial charge on any atom is -0.322 e. The highest BCUT2D eigenvalue weighted by Crippen LogP contribution is 2.17. The second-order valence-electron chi connectivity index (χ2n) is 2.90. The second-order valence-corrected chi connectivity index (χ2v) is 2.90. The van der Waals surface area contributed by atoms with Crippen molar-refractivity contribution in [3.63, 3.8) is 0 Å². The molecule has 70 valence electrons. The Balaban J connectivity index is 2.61. The van der Waals surface area contributed by atoms with Crippen LogP contribution < -0.4 is 0 Å². The maximum absolute atomic E-state index is 12.4. The van der Waals surface area contributed by atoms with Gasteiger partial charge in [0.25, 0.3) is 0 Å². The number of imidazole rings is 1. The molecule has 0 aliphatic rings. The Kier molecular flexibility index (Phi) is 2.61. The molecule has 0 saturated carbocycles. The first-order valence-corrected chi connectivity index (χ1v) is 3.81. The van der Waals surface area contributed by atoms with E-state index in [9.17, 15) is 8.78 Å². The van der Waals surface area contributed by atoms with Gasteiger partial charge in [0.15, 0.2) is 0 Å². The third-order valence-electron chi connectivity index (χ3n) is 1.62. The van der Waals surface area contributed by atoms with Gasteiger partial charge in [-0.1, -0.05) is 0 Å². The molecule has 0 radical (unpaired) electrons. The smallest absolute Gasteiger partial charge is 0.247 e. The minimum atomic E-state index is -2.70. The van der Waals surface area contributed by atoms with Gasteiger partial charge in [0, 0.05) is 13.0 Å². The molecule has 0 aromatic carbocycles. The number of alkyl halides is 2. The van der Waals surface area contributed by atoms with Crippen LogP contribution in [-0.4, -0.2) is 15.5 Å². The van der Waals surface area contributed by atoms with Gasteiger partial charge in [0.1, 0.15) is 11.8 Å². The first kappa shape index (κ1) is 9.65. The van der Waals surface area contributed by atoms with Crippen LogP contribution in [0.5, 0.6) is 0 Å². The molecule has 0 fully saturated rings. The lowest BCUT2D eigenvalue weighted by atomic mass is 10.2. The first-order chi connectivity index (χ1) is 6.03. The molecule has 3 nitrogen and oxygen atoms in total. The molecule has 13 heavy (non-hydrogen) atoms. The highest BCUT2D eigenvalue weighted by atomic mass is 19.3. The van der Waals surface area contributed by atoms with Crippen LogP contribution in [-0.2, 0) is 6.54 Å². The largest absolute Gasteiger partial charge is 0.322 e. The lowest BCUT2D eigenvalue weighted by molar-refractivity contribution is 0.00864. The van der Waals surface area contributed by atoms with Gasteiger partial charge in [-0.15, -0.1) is 0 Å². The molecule has 0 spiro atoms. The molecule has 0 aliphatic heterocycles. The minimum absolute atomic E-state index is 0.117. The molecular weight excluding hydrogens is 176 g/mol. The standard InChI is InChI=1S/C8H9F2N3/c1-8(9,10)2-3-13-6-12-5-7(13)4-11/h5-6H,2-3H2,1H3. The van der Waals surface area contributed by atoms with Gasteiger partial charge in [-0.3, -0.25) is 0 Å². The molecule has 1 aromatic rings. The molecule has 0 atom stereocenters. The number of hydrogen-bond donors (Lipinski definition) is 0. The fourth-order valence-corrected chi connectivity index (χ4v) is 0.909. The summed E-state index contributed by atoms with van der Waals surface area (Å²) in [4.78, 5) is 3.69. The third-order valence-corrected chi connectivity index (χ3v) is 1.62. The van der Waals surface area contributed by atoms with Crippen LogP contribution in [0.15, 0.2) is 12.5 Å². The lowest BCUT2D eigenvalue weighted by Crippen LogP contribution is -2.14. The molecule has 0 amide bonds. The molecule has 0 N–H and O–H groups in total. The highest BCUT2D eigenvalue weighted by molar-refractivity contribution is 5.16. The van der Waals surface area contributed by atoms with E-state index in [1.165, 1.54) is 17.1 Å². The molecule has 0 saturated heterocycles. The predicted octanol–water partition coefficient (Wildman–Crippen LogP) is 1.80. The van der Waals surface area contributed by atoms with Crippen LogP contribution >= 0.6 is 0 Å². The summed E-state index contributed by atoms with van der Waals surface area (Å²) in [5.74, 6) is -2.70. The summed E-state index contributed by atoms with van der Waals surface area (Å²) >= 11 is 0. The average Bonchev–Trinajstić information content (AvgIpc) is 2.46. The van der Waals surface area contributed by atoms with Crippen molar-refractivity contribution in [1.29, 1.82) is 5.26 Å².